The van der Waals surface area contributed by atoms with Crippen LogP contribution in [-0.4, -0.2) is 11.8 Å². The molecule has 1 aliphatic heterocycles. The van der Waals surface area contributed by atoms with Crippen molar-refractivity contribution in [2.24, 2.45) is 0 Å². The van der Waals surface area contributed by atoms with E-state index in [0.717, 1.165) is 0 Å². The van der Waals surface area contributed by atoms with E-state index in [9.17, 15) is 9.59 Å². The Kier molecular flexibility index (Phi) is 8.38. The minimum absolute atomic E-state index is 0. The van der Waals surface area contributed by atoms with Crippen molar-refractivity contribution >= 4 is 52.6 Å². The Hall–Kier alpha value is -2.29. The second-order valence-corrected chi connectivity index (χ2v) is 8.03. The second kappa shape index (κ2) is 10.8. The molecule has 1 aliphatic rings. The first-order valence-corrected chi connectivity index (χ1v) is 9.86. The average molecular weight is 442 g/mol. The summed E-state index contributed by atoms with van der Waals surface area (Å²) in [6.07, 6.45) is 0.748. The third-order valence-electron chi connectivity index (χ3n) is 3.90. The van der Waals surface area contributed by atoms with Gasteiger partial charge in [0.2, 0.25) is 11.8 Å². The Bertz CT molecular complexity index is 749. The molecule has 0 atom stereocenters. The molecule has 0 unspecified atom stereocenters. The van der Waals surface area contributed by atoms with Crippen molar-refractivity contribution in [2.75, 3.05) is 0 Å². The summed E-state index contributed by atoms with van der Waals surface area (Å²) in [6.45, 7) is 0. The first-order chi connectivity index (χ1) is 12.7. The molecule has 1 N–H and O–H groups in total. The first kappa shape index (κ1) is 21.0. The number of nitrogens with one attached hydrogen (secondary N) is 1. The Balaban J connectivity index is 0.000000278. The van der Waals surface area contributed by atoms with Gasteiger partial charge in [0, 0.05) is 12.8 Å². The lowest BCUT2D eigenvalue weighted by atomic mass is 10.4. The number of amides is 2. The number of rotatable bonds is 3. The fraction of sp³-hybridized carbons (Fsp3) is 0.0909. The van der Waals surface area contributed by atoms with Crippen molar-refractivity contribution in [3.8, 4) is 0 Å². The van der Waals surface area contributed by atoms with E-state index in [-0.39, 0.29) is 28.8 Å². The van der Waals surface area contributed by atoms with Crippen molar-refractivity contribution in [1.82, 2.24) is 5.32 Å². The van der Waals surface area contributed by atoms with Crippen LogP contribution in [0.5, 0.6) is 0 Å². The molecule has 0 aliphatic carbocycles. The molecule has 1 fully saturated rings. The summed E-state index contributed by atoms with van der Waals surface area (Å²) in [7, 11) is -0.446. The molecule has 0 spiro atoms. The van der Waals surface area contributed by atoms with Gasteiger partial charge in [0.1, 0.15) is 0 Å². The summed E-state index contributed by atoms with van der Waals surface area (Å²) in [5.74, 6) is -0.296. The molecule has 3 aromatic rings. The summed E-state index contributed by atoms with van der Waals surface area (Å²) in [5.41, 5.74) is 0. The van der Waals surface area contributed by atoms with Crippen molar-refractivity contribution in [2.45, 2.75) is 12.8 Å². The van der Waals surface area contributed by atoms with Crippen LogP contribution in [0.3, 0.4) is 0 Å². The Morgan fingerprint density at radius 1 is 0.556 bits per heavy atom. The van der Waals surface area contributed by atoms with Gasteiger partial charge in [0.25, 0.3) is 0 Å². The number of hydrogen-bond acceptors (Lipinski definition) is 2. The van der Waals surface area contributed by atoms with E-state index in [4.69, 9.17) is 0 Å². The average Bonchev–Trinajstić information content (AvgIpc) is 3.08. The number of hydrogen-bond donors (Lipinski definition) is 1. The highest BCUT2D eigenvalue weighted by atomic mass is 79.9. The van der Waals surface area contributed by atoms with E-state index in [1.54, 1.807) is 0 Å². The van der Waals surface area contributed by atoms with E-state index in [0.29, 0.717) is 12.8 Å². The van der Waals surface area contributed by atoms with Crippen molar-refractivity contribution in [3.05, 3.63) is 91.0 Å². The number of halogens is 1. The second-order valence-electron chi connectivity index (χ2n) is 5.81. The van der Waals surface area contributed by atoms with Crippen LogP contribution in [0.15, 0.2) is 91.0 Å². The van der Waals surface area contributed by atoms with Crippen molar-refractivity contribution in [1.29, 1.82) is 0 Å². The summed E-state index contributed by atoms with van der Waals surface area (Å²) in [4.78, 5) is 20.2. The predicted octanol–water partition coefficient (Wildman–Crippen LogP) is 3.45. The van der Waals surface area contributed by atoms with Crippen molar-refractivity contribution < 1.29 is 9.59 Å². The van der Waals surface area contributed by atoms with Crippen LogP contribution >= 0.6 is 24.9 Å². The highest BCUT2D eigenvalue weighted by Crippen LogP contribution is 2.32. The molecule has 1 heterocycles. The normalized spacial score (nSPS) is 12.6. The van der Waals surface area contributed by atoms with Gasteiger partial charge in [-0.05, 0) is 23.8 Å². The van der Waals surface area contributed by atoms with Crippen LogP contribution in [0, 0.1) is 0 Å². The van der Waals surface area contributed by atoms with Gasteiger partial charge in [-0.3, -0.25) is 14.9 Å². The van der Waals surface area contributed by atoms with Crippen molar-refractivity contribution in [3.63, 3.8) is 0 Å². The van der Waals surface area contributed by atoms with Crippen LogP contribution in [0.2, 0.25) is 0 Å². The Morgan fingerprint density at radius 2 is 0.852 bits per heavy atom. The van der Waals surface area contributed by atoms with E-state index in [1.165, 1.54) is 15.9 Å². The van der Waals surface area contributed by atoms with Crippen LogP contribution in [-0.2, 0) is 9.59 Å². The van der Waals surface area contributed by atoms with Gasteiger partial charge in [-0.25, -0.2) is 0 Å². The van der Waals surface area contributed by atoms with Gasteiger partial charge >= 0.3 is 0 Å². The third-order valence-corrected chi connectivity index (χ3v) is 6.34. The van der Waals surface area contributed by atoms with Crippen LogP contribution in [0.25, 0.3) is 0 Å². The Morgan fingerprint density at radius 3 is 1.07 bits per heavy atom. The van der Waals surface area contributed by atoms with Gasteiger partial charge in [0.15, 0.2) is 0 Å². The minimum atomic E-state index is -0.446. The number of benzene rings is 3. The molecule has 3 nitrogen and oxygen atoms in total. The summed E-state index contributed by atoms with van der Waals surface area (Å²) in [5, 5.41) is 6.33. The first-order valence-electron chi connectivity index (χ1n) is 8.52. The fourth-order valence-electron chi connectivity index (χ4n) is 2.69. The minimum Gasteiger partial charge on any atom is -0.296 e. The SMILES string of the molecule is Br.O=C1CCC(=O)N1.c1ccc(P(c2ccccc2)c2ccccc2)cc1. The fourth-order valence-corrected chi connectivity index (χ4v) is 4.99. The molecule has 27 heavy (non-hydrogen) atoms. The topological polar surface area (TPSA) is 46.2 Å². The van der Waals surface area contributed by atoms with Gasteiger partial charge in [0.05, 0.1) is 0 Å². The summed E-state index contributed by atoms with van der Waals surface area (Å²) < 4.78 is 0. The van der Waals surface area contributed by atoms with Gasteiger partial charge < -0.3 is 0 Å². The molecule has 5 heteroatoms. The quantitative estimate of drug-likeness (QED) is 0.499. The molecule has 1 saturated heterocycles. The van der Waals surface area contributed by atoms with Gasteiger partial charge in [-0.15, -0.1) is 17.0 Å². The third kappa shape index (κ3) is 6.13. The zero-order valence-corrected chi connectivity index (χ0v) is 17.4. The molecule has 0 radical (unpaired) electrons. The summed E-state index contributed by atoms with van der Waals surface area (Å²) >= 11 is 0. The number of carbonyl (C=O) groups excluding carboxylic acids is 2. The number of imide groups is 1. The smallest absolute Gasteiger partial charge is 0.227 e. The molecule has 138 valence electrons. The highest BCUT2D eigenvalue weighted by molar-refractivity contribution is 8.93. The molecule has 0 aromatic heterocycles. The van der Waals surface area contributed by atoms with E-state index in [2.05, 4.69) is 96.3 Å². The standard InChI is InChI=1S/C18H15P.C4H5NO2.BrH/c1-4-10-16(11-5-1)19(17-12-6-2-7-13-17)18-14-8-3-9-15-18;6-3-1-2-4(7)5-3;/h1-15H;1-2H2,(H,5,6,7);1H. The molecular weight excluding hydrogens is 421 g/mol. The maximum Gasteiger partial charge on any atom is 0.227 e. The lowest BCUT2D eigenvalue weighted by Gasteiger charge is -2.18. The molecule has 2 amide bonds. The maximum atomic E-state index is 10.1. The van der Waals surface area contributed by atoms with Crippen LogP contribution in [0.4, 0.5) is 0 Å². The zero-order chi connectivity index (χ0) is 18.2. The lowest BCUT2D eigenvalue weighted by Crippen LogP contribution is -2.20. The van der Waals surface area contributed by atoms with Gasteiger partial charge in [-0.2, -0.15) is 0 Å². The molecule has 0 bridgehead atoms. The largest absolute Gasteiger partial charge is 0.296 e. The monoisotopic (exact) mass is 441 g/mol. The van der Waals surface area contributed by atoms with Crippen LogP contribution in [0.1, 0.15) is 12.8 Å². The van der Waals surface area contributed by atoms with Gasteiger partial charge in [-0.1, -0.05) is 91.0 Å². The lowest BCUT2D eigenvalue weighted by molar-refractivity contribution is -0.124. The van der Waals surface area contributed by atoms with E-state index < -0.39 is 7.92 Å². The zero-order valence-electron chi connectivity index (χ0n) is 14.7. The maximum absolute atomic E-state index is 10.1. The van der Waals surface area contributed by atoms with E-state index >= 15 is 0 Å². The molecular formula is C22H21BrNO2P. The predicted molar refractivity (Wildman–Crippen MR) is 118 cm³/mol. The molecule has 3 aromatic carbocycles. The summed E-state index contributed by atoms with van der Waals surface area (Å²) in [6, 6.07) is 32.3. The molecule has 0 saturated carbocycles. The number of carbonyl (C=O) groups is 2. The van der Waals surface area contributed by atoms with E-state index in [1.807, 2.05) is 0 Å². The Labute approximate surface area is 171 Å². The molecule has 4 rings (SSSR count). The van der Waals surface area contributed by atoms with Crippen LogP contribution < -0.4 is 21.2 Å². The highest BCUT2D eigenvalue weighted by Gasteiger charge is 2.16.